The molecule has 1 aliphatic rings. The van der Waals surface area contributed by atoms with Gasteiger partial charge in [0.1, 0.15) is 5.69 Å². The summed E-state index contributed by atoms with van der Waals surface area (Å²) in [6, 6.07) is 14.3. The van der Waals surface area contributed by atoms with Crippen LogP contribution in [0.5, 0.6) is 0 Å². The molecule has 2 aromatic carbocycles. The molecule has 1 saturated heterocycles. The molecule has 0 atom stereocenters. The van der Waals surface area contributed by atoms with E-state index in [0.717, 1.165) is 32.0 Å². The molecule has 0 aromatic heterocycles. The van der Waals surface area contributed by atoms with E-state index in [-0.39, 0.29) is 10.6 Å². The van der Waals surface area contributed by atoms with Crippen LogP contribution in [-0.4, -0.2) is 52.3 Å². The summed E-state index contributed by atoms with van der Waals surface area (Å²) in [5.41, 5.74) is 1.49. The van der Waals surface area contributed by atoms with Gasteiger partial charge in [-0.2, -0.15) is 0 Å². The number of hydrogen-bond acceptors (Lipinski definition) is 5. The van der Waals surface area contributed by atoms with E-state index in [2.05, 4.69) is 24.3 Å². The van der Waals surface area contributed by atoms with Gasteiger partial charge in [-0.05, 0) is 23.8 Å². The largest absolute Gasteiger partial charge is 0.355 e. The Morgan fingerprint density at radius 2 is 1.82 bits per heavy atom. The first-order valence-electron chi connectivity index (χ1n) is 9.13. The quantitative estimate of drug-likeness (QED) is 0.583. The molecule has 1 heterocycles. The second-order valence-corrected chi connectivity index (χ2v) is 8.95. The number of nitrogens with zero attached hydrogens (tertiary/aromatic N) is 2. The van der Waals surface area contributed by atoms with Crippen molar-refractivity contribution in [1.82, 2.24) is 0 Å². The van der Waals surface area contributed by atoms with E-state index in [9.17, 15) is 18.5 Å². The SMILES string of the molecule is CS(=O)(=O)c1ccc(N2CC[NH+](C/C=C/c3ccccc3)CC2)c([N+](=O)[O-])c1. The molecule has 0 saturated carbocycles. The third-order valence-corrected chi connectivity index (χ3v) is 6.01. The van der Waals surface area contributed by atoms with Gasteiger partial charge >= 0.3 is 0 Å². The Hall–Kier alpha value is -2.71. The van der Waals surface area contributed by atoms with Gasteiger partial charge in [0.05, 0.1) is 42.5 Å². The monoisotopic (exact) mass is 402 g/mol. The fourth-order valence-electron chi connectivity index (χ4n) is 3.34. The lowest BCUT2D eigenvalue weighted by Gasteiger charge is -2.33. The summed E-state index contributed by atoms with van der Waals surface area (Å²) in [5, 5.41) is 11.5. The zero-order chi connectivity index (χ0) is 20.1. The molecule has 0 unspecified atom stereocenters. The number of benzene rings is 2. The first-order valence-corrected chi connectivity index (χ1v) is 11.0. The normalized spacial score (nSPS) is 15.8. The number of nitro groups is 1. The third-order valence-electron chi connectivity index (χ3n) is 4.90. The van der Waals surface area contributed by atoms with Crippen LogP contribution in [0.2, 0.25) is 0 Å². The fourth-order valence-corrected chi connectivity index (χ4v) is 3.98. The predicted octanol–water partition coefficient (Wildman–Crippen LogP) is 1.42. The molecule has 148 valence electrons. The zero-order valence-corrected chi connectivity index (χ0v) is 16.6. The van der Waals surface area contributed by atoms with Crippen molar-refractivity contribution in [3.05, 3.63) is 70.3 Å². The van der Waals surface area contributed by atoms with Gasteiger partial charge in [-0.15, -0.1) is 0 Å². The molecule has 0 aliphatic carbocycles. The van der Waals surface area contributed by atoms with Crippen molar-refractivity contribution >= 4 is 27.3 Å². The van der Waals surface area contributed by atoms with Gasteiger partial charge in [0.25, 0.3) is 5.69 Å². The summed E-state index contributed by atoms with van der Waals surface area (Å²) in [6.07, 6.45) is 5.31. The Balaban J connectivity index is 1.64. The van der Waals surface area contributed by atoms with Crippen molar-refractivity contribution in [2.45, 2.75) is 4.90 Å². The van der Waals surface area contributed by atoms with E-state index in [0.29, 0.717) is 18.8 Å². The molecule has 0 radical (unpaired) electrons. The van der Waals surface area contributed by atoms with Crippen molar-refractivity contribution in [3.8, 4) is 0 Å². The minimum absolute atomic E-state index is 0.0294. The van der Waals surface area contributed by atoms with Crippen molar-refractivity contribution in [1.29, 1.82) is 0 Å². The van der Waals surface area contributed by atoms with E-state index in [1.165, 1.54) is 16.5 Å². The van der Waals surface area contributed by atoms with Crippen molar-refractivity contribution in [3.63, 3.8) is 0 Å². The lowest BCUT2D eigenvalue weighted by Crippen LogP contribution is -3.14. The van der Waals surface area contributed by atoms with E-state index >= 15 is 0 Å². The number of sulfone groups is 1. The second-order valence-electron chi connectivity index (χ2n) is 6.93. The predicted molar refractivity (Wildman–Crippen MR) is 109 cm³/mol. The van der Waals surface area contributed by atoms with E-state index in [4.69, 9.17) is 0 Å². The van der Waals surface area contributed by atoms with Crippen molar-refractivity contribution < 1.29 is 18.2 Å². The molecule has 1 aliphatic heterocycles. The number of rotatable bonds is 6. The second kappa shape index (κ2) is 8.53. The molecule has 3 rings (SSSR count). The van der Waals surface area contributed by atoms with Crippen LogP contribution in [0.15, 0.2) is 59.5 Å². The van der Waals surface area contributed by atoms with Gasteiger partial charge in [-0.1, -0.05) is 36.4 Å². The van der Waals surface area contributed by atoms with Gasteiger partial charge in [0, 0.05) is 12.3 Å². The van der Waals surface area contributed by atoms with Crippen LogP contribution in [0.25, 0.3) is 6.08 Å². The standard InChI is InChI=1S/C20H23N3O4S/c1-28(26,27)18-9-10-19(20(16-18)23(24)25)22-14-12-21(13-15-22)11-5-8-17-6-3-2-4-7-17/h2-10,16H,11-15H2,1H3/p+1/b8-5+. The molecule has 0 amide bonds. The van der Waals surface area contributed by atoms with Gasteiger partial charge < -0.3 is 9.80 Å². The summed E-state index contributed by atoms with van der Waals surface area (Å²) >= 11 is 0. The Kier molecular flexibility index (Phi) is 6.11. The molecule has 2 aromatic rings. The summed E-state index contributed by atoms with van der Waals surface area (Å²) in [4.78, 5) is 14.3. The topological polar surface area (TPSA) is 85.0 Å². The zero-order valence-electron chi connectivity index (χ0n) is 15.7. The highest BCUT2D eigenvalue weighted by Crippen LogP contribution is 2.30. The smallest absolute Gasteiger partial charge is 0.293 e. The average Bonchev–Trinajstić information content (AvgIpc) is 2.68. The fraction of sp³-hybridized carbons (Fsp3) is 0.300. The first-order chi connectivity index (χ1) is 13.3. The van der Waals surface area contributed by atoms with Crippen LogP contribution in [-0.2, 0) is 9.84 Å². The van der Waals surface area contributed by atoms with Crippen LogP contribution < -0.4 is 9.80 Å². The Labute approximate surface area is 165 Å². The summed E-state index contributed by atoms with van der Waals surface area (Å²) in [5.74, 6) is 0. The molecule has 0 spiro atoms. The molecule has 28 heavy (non-hydrogen) atoms. The number of nitrogens with one attached hydrogen (secondary N) is 1. The molecule has 7 nitrogen and oxygen atoms in total. The summed E-state index contributed by atoms with van der Waals surface area (Å²) in [6.45, 7) is 4.01. The van der Waals surface area contributed by atoms with Crippen LogP contribution in [0.1, 0.15) is 5.56 Å². The number of nitro benzene ring substituents is 1. The number of anilines is 1. The maximum absolute atomic E-state index is 11.7. The van der Waals surface area contributed by atoms with Crippen LogP contribution in [0, 0.1) is 10.1 Å². The van der Waals surface area contributed by atoms with Crippen molar-refractivity contribution in [2.24, 2.45) is 0 Å². The maximum Gasteiger partial charge on any atom is 0.293 e. The van der Waals surface area contributed by atoms with Gasteiger partial charge in [-0.25, -0.2) is 8.42 Å². The molecule has 8 heteroatoms. The maximum atomic E-state index is 11.7. The molecular formula is C20H24N3O4S+. The molecule has 0 bridgehead atoms. The minimum atomic E-state index is -3.48. The van der Waals surface area contributed by atoms with Crippen LogP contribution in [0.4, 0.5) is 11.4 Å². The number of piperazine rings is 1. The lowest BCUT2D eigenvalue weighted by molar-refractivity contribution is -0.894. The van der Waals surface area contributed by atoms with E-state index < -0.39 is 14.8 Å². The summed E-state index contributed by atoms with van der Waals surface area (Å²) in [7, 11) is -3.48. The first kappa shape index (κ1) is 20.0. The minimum Gasteiger partial charge on any atom is -0.355 e. The highest BCUT2D eigenvalue weighted by atomic mass is 32.2. The van der Waals surface area contributed by atoms with E-state index in [1.54, 1.807) is 6.07 Å². The Morgan fingerprint density at radius 3 is 2.43 bits per heavy atom. The molecule has 1 N–H and O–H groups in total. The van der Waals surface area contributed by atoms with Crippen LogP contribution in [0.3, 0.4) is 0 Å². The Bertz CT molecular complexity index is 966. The summed E-state index contributed by atoms with van der Waals surface area (Å²) < 4.78 is 23.4. The van der Waals surface area contributed by atoms with Crippen LogP contribution >= 0.6 is 0 Å². The van der Waals surface area contributed by atoms with Gasteiger partial charge in [-0.3, -0.25) is 10.1 Å². The van der Waals surface area contributed by atoms with Gasteiger partial charge in [0.15, 0.2) is 9.84 Å². The van der Waals surface area contributed by atoms with Crippen molar-refractivity contribution in [2.75, 3.05) is 43.9 Å². The molecular weight excluding hydrogens is 378 g/mol. The third kappa shape index (κ3) is 4.96. The lowest BCUT2D eigenvalue weighted by atomic mass is 10.2. The average molecular weight is 402 g/mol. The highest BCUT2D eigenvalue weighted by molar-refractivity contribution is 7.90. The van der Waals surface area contributed by atoms with Gasteiger partial charge in [0.2, 0.25) is 0 Å². The number of quaternary nitrogens is 1. The number of hydrogen-bond donors (Lipinski definition) is 1. The molecule has 1 fully saturated rings. The highest BCUT2D eigenvalue weighted by Gasteiger charge is 2.26. The Morgan fingerprint density at radius 1 is 1.14 bits per heavy atom. The van der Waals surface area contributed by atoms with E-state index in [1.807, 2.05) is 23.1 Å².